The molecule has 0 saturated heterocycles. The smallest absolute Gasteiger partial charge is 0.229 e. The molecule has 0 fully saturated rings. The second kappa shape index (κ2) is 4.24. The van der Waals surface area contributed by atoms with Crippen molar-refractivity contribution in [2.75, 3.05) is 23.3 Å². The maximum Gasteiger partial charge on any atom is 0.229 e. The van der Waals surface area contributed by atoms with Crippen molar-refractivity contribution in [3.63, 3.8) is 0 Å². The molecule has 0 aliphatic rings. The SMILES string of the molecule is CNc1c(F)ccc(NS(C)(=O)=O)c1Cl. The fourth-order valence-corrected chi connectivity index (χ4v) is 1.98. The van der Waals surface area contributed by atoms with Gasteiger partial charge in [0.15, 0.2) is 0 Å². The summed E-state index contributed by atoms with van der Waals surface area (Å²) in [5.74, 6) is -0.540. The molecular weight excluding hydrogens is 243 g/mol. The van der Waals surface area contributed by atoms with Crippen molar-refractivity contribution in [3.05, 3.63) is 23.0 Å². The minimum atomic E-state index is -3.42. The lowest BCUT2D eigenvalue weighted by Crippen LogP contribution is -2.10. The molecule has 0 amide bonds. The van der Waals surface area contributed by atoms with Crippen molar-refractivity contribution in [1.29, 1.82) is 0 Å². The van der Waals surface area contributed by atoms with Crippen molar-refractivity contribution in [1.82, 2.24) is 0 Å². The first-order chi connectivity index (χ1) is 6.85. The fourth-order valence-electron chi connectivity index (χ4n) is 1.06. The van der Waals surface area contributed by atoms with Crippen molar-refractivity contribution in [2.45, 2.75) is 0 Å². The average Bonchev–Trinajstić information content (AvgIpc) is 2.09. The van der Waals surface area contributed by atoms with Gasteiger partial charge in [-0.05, 0) is 12.1 Å². The third-order valence-electron chi connectivity index (χ3n) is 1.64. The zero-order chi connectivity index (χ0) is 11.6. The predicted molar refractivity (Wildman–Crippen MR) is 59.4 cm³/mol. The highest BCUT2D eigenvalue weighted by molar-refractivity contribution is 7.92. The summed E-state index contributed by atoms with van der Waals surface area (Å²) in [4.78, 5) is 0. The van der Waals surface area contributed by atoms with E-state index in [0.29, 0.717) is 0 Å². The van der Waals surface area contributed by atoms with Gasteiger partial charge in [-0.2, -0.15) is 0 Å². The Morgan fingerprint density at radius 2 is 2.00 bits per heavy atom. The summed E-state index contributed by atoms with van der Waals surface area (Å²) in [5.41, 5.74) is 0.204. The molecule has 0 radical (unpaired) electrons. The number of anilines is 2. The molecule has 0 atom stereocenters. The number of benzene rings is 1. The van der Waals surface area contributed by atoms with E-state index in [9.17, 15) is 12.8 Å². The molecule has 1 rings (SSSR count). The van der Waals surface area contributed by atoms with Crippen LogP contribution in [0.2, 0.25) is 5.02 Å². The Bertz CT molecular complexity index is 476. The van der Waals surface area contributed by atoms with Crippen LogP contribution in [0.3, 0.4) is 0 Å². The lowest BCUT2D eigenvalue weighted by molar-refractivity contribution is 0.606. The second-order valence-corrected chi connectivity index (χ2v) is 5.03. The molecule has 0 bridgehead atoms. The number of nitrogens with one attached hydrogen (secondary N) is 2. The topological polar surface area (TPSA) is 58.2 Å². The van der Waals surface area contributed by atoms with Crippen LogP contribution in [0.25, 0.3) is 0 Å². The van der Waals surface area contributed by atoms with Crippen LogP contribution >= 0.6 is 11.6 Å². The summed E-state index contributed by atoms with van der Waals surface area (Å²) in [6.45, 7) is 0. The molecule has 1 aromatic carbocycles. The lowest BCUT2D eigenvalue weighted by atomic mass is 10.2. The molecule has 2 N–H and O–H groups in total. The van der Waals surface area contributed by atoms with Crippen LogP contribution in [0.1, 0.15) is 0 Å². The van der Waals surface area contributed by atoms with Gasteiger partial charge in [-0.1, -0.05) is 11.6 Å². The molecule has 0 aliphatic carbocycles. The van der Waals surface area contributed by atoms with E-state index in [4.69, 9.17) is 11.6 Å². The van der Waals surface area contributed by atoms with Gasteiger partial charge in [0.2, 0.25) is 10.0 Å². The Morgan fingerprint density at radius 1 is 1.40 bits per heavy atom. The van der Waals surface area contributed by atoms with Crippen molar-refractivity contribution in [2.24, 2.45) is 0 Å². The maximum atomic E-state index is 13.1. The van der Waals surface area contributed by atoms with Crippen molar-refractivity contribution >= 4 is 33.0 Å². The zero-order valence-electron chi connectivity index (χ0n) is 8.14. The first kappa shape index (κ1) is 12.1. The van der Waals surface area contributed by atoms with Crippen LogP contribution in [0.15, 0.2) is 12.1 Å². The van der Waals surface area contributed by atoms with E-state index in [1.54, 1.807) is 0 Å². The molecule has 0 aliphatic heterocycles. The Kier molecular flexibility index (Phi) is 3.41. The molecule has 84 valence electrons. The minimum Gasteiger partial charge on any atom is -0.384 e. The van der Waals surface area contributed by atoms with Crippen LogP contribution in [0, 0.1) is 5.82 Å². The van der Waals surface area contributed by atoms with E-state index in [-0.39, 0.29) is 16.4 Å². The quantitative estimate of drug-likeness (QED) is 0.864. The highest BCUT2D eigenvalue weighted by Gasteiger charge is 2.12. The molecule has 7 heteroatoms. The van der Waals surface area contributed by atoms with Crippen LogP contribution in [0.4, 0.5) is 15.8 Å². The molecule has 0 heterocycles. The number of hydrogen-bond acceptors (Lipinski definition) is 3. The summed E-state index contributed by atoms with van der Waals surface area (Å²) in [7, 11) is -1.93. The van der Waals surface area contributed by atoms with Gasteiger partial charge in [0.25, 0.3) is 0 Å². The van der Waals surface area contributed by atoms with Gasteiger partial charge in [0, 0.05) is 7.05 Å². The summed E-state index contributed by atoms with van der Waals surface area (Å²) < 4.78 is 37.2. The number of rotatable bonds is 3. The molecule has 0 aromatic heterocycles. The first-order valence-electron chi connectivity index (χ1n) is 3.98. The predicted octanol–water partition coefficient (Wildman–Crippen LogP) is 1.89. The third kappa shape index (κ3) is 2.97. The Morgan fingerprint density at radius 3 is 2.47 bits per heavy atom. The standard InChI is InChI=1S/C8H10ClFN2O2S/c1-11-8-5(10)3-4-6(7(8)9)12-15(2,13)14/h3-4,11-12H,1-2H3. The van der Waals surface area contributed by atoms with Gasteiger partial charge in [-0.25, -0.2) is 12.8 Å². The highest BCUT2D eigenvalue weighted by atomic mass is 35.5. The molecule has 0 saturated carbocycles. The number of sulfonamides is 1. The fraction of sp³-hybridized carbons (Fsp3) is 0.250. The lowest BCUT2D eigenvalue weighted by Gasteiger charge is -2.10. The highest BCUT2D eigenvalue weighted by Crippen LogP contribution is 2.32. The molecule has 0 unspecified atom stereocenters. The number of halogens is 2. The van der Waals surface area contributed by atoms with Gasteiger partial charge in [-0.15, -0.1) is 0 Å². The summed E-state index contributed by atoms with van der Waals surface area (Å²) >= 11 is 5.79. The van der Waals surface area contributed by atoms with Gasteiger partial charge >= 0.3 is 0 Å². The molecular formula is C8H10ClFN2O2S. The van der Waals surface area contributed by atoms with Crippen LogP contribution < -0.4 is 10.0 Å². The van der Waals surface area contributed by atoms with Gasteiger partial charge in [-0.3, -0.25) is 4.72 Å². The average molecular weight is 253 g/mol. The van der Waals surface area contributed by atoms with E-state index < -0.39 is 15.8 Å². The minimum absolute atomic E-state index is 0.00271. The summed E-state index contributed by atoms with van der Waals surface area (Å²) in [5, 5.41) is 2.55. The van der Waals surface area contributed by atoms with Gasteiger partial charge < -0.3 is 5.32 Å². The zero-order valence-corrected chi connectivity index (χ0v) is 9.71. The van der Waals surface area contributed by atoms with E-state index in [1.807, 2.05) is 0 Å². The Hall–Kier alpha value is -1.01. The second-order valence-electron chi connectivity index (χ2n) is 2.91. The van der Waals surface area contributed by atoms with Gasteiger partial charge in [0.1, 0.15) is 5.82 Å². The van der Waals surface area contributed by atoms with Crippen molar-refractivity contribution in [3.8, 4) is 0 Å². The summed E-state index contributed by atoms with van der Waals surface area (Å²) in [6.07, 6.45) is 0.992. The van der Waals surface area contributed by atoms with E-state index >= 15 is 0 Å². The molecule has 1 aromatic rings. The Balaban J connectivity index is 3.22. The van der Waals surface area contributed by atoms with Crippen LogP contribution in [-0.2, 0) is 10.0 Å². The van der Waals surface area contributed by atoms with E-state index in [0.717, 1.165) is 12.3 Å². The van der Waals surface area contributed by atoms with Gasteiger partial charge in [0.05, 0.1) is 22.7 Å². The van der Waals surface area contributed by atoms with E-state index in [2.05, 4.69) is 10.0 Å². The van der Waals surface area contributed by atoms with Crippen LogP contribution in [-0.4, -0.2) is 21.7 Å². The molecule has 4 nitrogen and oxygen atoms in total. The monoisotopic (exact) mass is 252 g/mol. The normalized spacial score (nSPS) is 11.2. The molecule has 0 spiro atoms. The maximum absolute atomic E-state index is 13.1. The largest absolute Gasteiger partial charge is 0.384 e. The summed E-state index contributed by atoms with van der Waals surface area (Å²) in [6, 6.07) is 2.39. The third-order valence-corrected chi connectivity index (χ3v) is 2.62. The van der Waals surface area contributed by atoms with E-state index in [1.165, 1.54) is 13.1 Å². The number of hydrogen-bond donors (Lipinski definition) is 2. The van der Waals surface area contributed by atoms with Crippen molar-refractivity contribution < 1.29 is 12.8 Å². The first-order valence-corrected chi connectivity index (χ1v) is 6.25. The molecule has 15 heavy (non-hydrogen) atoms. The van der Waals surface area contributed by atoms with Crippen LogP contribution in [0.5, 0.6) is 0 Å². The Labute approximate surface area is 92.5 Å².